The van der Waals surface area contributed by atoms with E-state index in [0.29, 0.717) is 0 Å². The van der Waals surface area contributed by atoms with E-state index in [1.54, 1.807) is 35.2 Å². The van der Waals surface area contributed by atoms with Crippen LogP contribution in [0.15, 0.2) is 0 Å². The summed E-state index contributed by atoms with van der Waals surface area (Å²) in [6, 6.07) is 0. The van der Waals surface area contributed by atoms with Gasteiger partial charge in [0, 0.05) is 0 Å². The van der Waals surface area contributed by atoms with Crippen LogP contribution in [0.2, 0.25) is 0 Å². The van der Waals surface area contributed by atoms with E-state index < -0.39 is 22.2 Å². The van der Waals surface area contributed by atoms with Crippen molar-refractivity contribution >= 4 is 7.48 Å². The van der Waals surface area contributed by atoms with Crippen molar-refractivity contribution in [2.45, 2.75) is 72.2 Å². The SMILES string of the molecule is CC(C)(O)C(C)(C)[CH+][B]OC(C)(C)C(C)(C)O. The zero-order chi connectivity index (χ0) is 14.1. The minimum Gasteiger partial charge on any atom is -0.388 e. The van der Waals surface area contributed by atoms with Gasteiger partial charge in [-0.15, -0.1) is 0 Å². The van der Waals surface area contributed by atoms with E-state index in [9.17, 15) is 10.2 Å². The van der Waals surface area contributed by atoms with Crippen LogP contribution in [0.25, 0.3) is 0 Å². The topological polar surface area (TPSA) is 49.7 Å². The second-order valence-corrected chi connectivity index (χ2v) is 6.77. The molecule has 0 saturated carbocycles. The van der Waals surface area contributed by atoms with Crippen LogP contribution in [0.3, 0.4) is 0 Å². The maximum absolute atomic E-state index is 9.98. The molecule has 3 nitrogen and oxygen atoms in total. The molecule has 0 aromatic heterocycles. The number of hydrogen-bond acceptors (Lipinski definition) is 3. The van der Waals surface area contributed by atoms with Crippen LogP contribution in [-0.4, -0.2) is 34.5 Å². The van der Waals surface area contributed by atoms with Crippen molar-refractivity contribution in [3.63, 3.8) is 0 Å². The maximum atomic E-state index is 9.98. The second-order valence-electron chi connectivity index (χ2n) is 6.77. The van der Waals surface area contributed by atoms with Crippen molar-refractivity contribution in [3.8, 4) is 0 Å². The van der Waals surface area contributed by atoms with E-state index in [0.717, 1.165) is 0 Å². The largest absolute Gasteiger partial charge is 0.601 e. The molecule has 0 rings (SSSR count). The standard InChI is InChI=1S/C13H27BO3/c1-10(2,11(3,4)15)9-14-17-13(7,8)12(5,6)16/h9,15-16H,1-8H3/q+1. The highest BCUT2D eigenvalue weighted by Crippen LogP contribution is 2.33. The normalized spacial score (nSPS) is 14.7. The van der Waals surface area contributed by atoms with E-state index >= 15 is 0 Å². The molecule has 0 spiro atoms. The minimum absolute atomic E-state index is 0.400. The van der Waals surface area contributed by atoms with E-state index in [1.165, 1.54) is 0 Å². The lowest BCUT2D eigenvalue weighted by Crippen LogP contribution is -2.49. The Morgan fingerprint density at radius 3 is 1.53 bits per heavy atom. The van der Waals surface area contributed by atoms with Gasteiger partial charge in [0.05, 0.1) is 17.5 Å². The van der Waals surface area contributed by atoms with Crippen molar-refractivity contribution in [3.05, 3.63) is 6.32 Å². The Balaban J connectivity index is 4.36. The lowest BCUT2D eigenvalue weighted by molar-refractivity contribution is -0.0909. The highest BCUT2D eigenvalue weighted by molar-refractivity contribution is 6.32. The van der Waals surface area contributed by atoms with Gasteiger partial charge in [0.25, 0.3) is 0 Å². The molecule has 0 bridgehead atoms. The van der Waals surface area contributed by atoms with E-state index in [2.05, 4.69) is 0 Å². The Labute approximate surface area is 107 Å². The summed E-state index contributed by atoms with van der Waals surface area (Å²) in [6.07, 6.45) is 1.82. The van der Waals surface area contributed by atoms with Crippen LogP contribution in [0.1, 0.15) is 55.4 Å². The maximum Gasteiger partial charge on any atom is 0.601 e. The highest BCUT2D eigenvalue weighted by Gasteiger charge is 2.45. The molecule has 1 radical (unpaired) electrons. The third kappa shape index (κ3) is 4.53. The average Bonchev–Trinajstić information content (AvgIpc) is 1.98. The van der Waals surface area contributed by atoms with E-state index in [-0.39, 0.29) is 0 Å². The first-order valence-corrected chi connectivity index (χ1v) is 6.01. The van der Waals surface area contributed by atoms with Crippen LogP contribution < -0.4 is 0 Å². The average molecular weight is 242 g/mol. The van der Waals surface area contributed by atoms with Crippen molar-refractivity contribution in [2.24, 2.45) is 5.41 Å². The molecule has 0 saturated heterocycles. The van der Waals surface area contributed by atoms with Gasteiger partial charge in [-0.25, -0.2) is 0 Å². The molecular weight excluding hydrogens is 215 g/mol. The quantitative estimate of drug-likeness (QED) is 0.554. The molecule has 99 valence electrons. The summed E-state index contributed by atoms with van der Waals surface area (Å²) in [4.78, 5) is 0. The molecule has 4 heteroatoms. The molecule has 0 aliphatic heterocycles. The Kier molecular flexibility index (Phi) is 4.77. The Hall–Kier alpha value is -0.185. The van der Waals surface area contributed by atoms with Crippen LogP contribution in [0.4, 0.5) is 0 Å². The summed E-state index contributed by atoms with van der Waals surface area (Å²) >= 11 is 0. The first kappa shape index (κ1) is 16.8. The lowest BCUT2D eigenvalue weighted by Gasteiger charge is -2.37. The fraction of sp³-hybridized carbons (Fsp3) is 0.923. The molecule has 0 amide bonds. The third-order valence-electron chi connectivity index (χ3n) is 3.90. The fourth-order valence-corrected chi connectivity index (χ4v) is 0.722. The number of aliphatic hydroxyl groups is 2. The van der Waals surface area contributed by atoms with Crippen molar-refractivity contribution < 1.29 is 14.9 Å². The molecule has 17 heavy (non-hydrogen) atoms. The summed E-state index contributed by atoms with van der Waals surface area (Å²) in [5, 5.41) is 19.9. The molecular formula is C13H27BO3+. The molecule has 0 aliphatic carbocycles. The Bertz CT molecular complexity index is 220. The summed E-state index contributed by atoms with van der Waals surface area (Å²) in [5.74, 6) is 0. The van der Waals surface area contributed by atoms with Crippen molar-refractivity contribution in [1.82, 2.24) is 0 Å². The van der Waals surface area contributed by atoms with Crippen LogP contribution in [0.5, 0.6) is 0 Å². The van der Waals surface area contributed by atoms with Gasteiger partial charge in [-0.3, -0.25) is 0 Å². The molecule has 0 atom stereocenters. The summed E-state index contributed by atoms with van der Waals surface area (Å²) in [7, 11) is 1.57. The predicted octanol–water partition coefficient (Wildman–Crippen LogP) is 2.13. The minimum atomic E-state index is -0.934. The fourth-order valence-electron chi connectivity index (χ4n) is 0.722. The molecule has 0 unspecified atom stereocenters. The van der Waals surface area contributed by atoms with Gasteiger partial charge in [-0.2, -0.15) is 0 Å². The van der Waals surface area contributed by atoms with Crippen molar-refractivity contribution in [2.75, 3.05) is 0 Å². The van der Waals surface area contributed by atoms with Gasteiger partial charge in [0.2, 0.25) is 0 Å². The Morgan fingerprint density at radius 1 is 0.824 bits per heavy atom. The molecule has 0 aromatic carbocycles. The zero-order valence-corrected chi connectivity index (χ0v) is 12.5. The summed E-state index contributed by atoms with van der Waals surface area (Å²) < 4.78 is 5.58. The summed E-state index contributed by atoms with van der Waals surface area (Å²) in [5.41, 5.74) is -2.84. The smallest absolute Gasteiger partial charge is 0.388 e. The van der Waals surface area contributed by atoms with Gasteiger partial charge >= 0.3 is 7.48 Å². The van der Waals surface area contributed by atoms with Gasteiger partial charge in [0.1, 0.15) is 11.0 Å². The van der Waals surface area contributed by atoms with E-state index in [1.807, 2.05) is 34.0 Å². The number of hydrogen-bond donors (Lipinski definition) is 2. The van der Waals surface area contributed by atoms with Gasteiger partial charge < -0.3 is 14.9 Å². The lowest BCUT2D eigenvalue weighted by atomic mass is 9.66. The van der Waals surface area contributed by atoms with Crippen LogP contribution in [0, 0.1) is 11.7 Å². The van der Waals surface area contributed by atoms with E-state index in [4.69, 9.17) is 4.65 Å². The summed E-state index contributed by atoms with van der Waals surface area (Å²) in [6.45, 7) is 14.5. The Morgan fingerprint density at radius 2 is 1.24 bits per heavy atom. The monoisotopic (exact) mass is 242 g/mol. The van der Waals surface area contributed by atoms with Crippen LogP contribution in [-0.2, 0) is 4.65 Å². The predicted molar refractivity (Wildman–Crippen MR) is 71.6 cm³/mol. The highest BCUT2D eigenvalue weighted by atomic mass is 16.5. The van der Waals surface area contributed by atoms with Gasteiger partial charge in [-0.05, 0) is 55.4 Å². The second kappa shape index (κ2) is 4.83. The van der Waals surface area contributed by atoms with Gasteiger partial charge in [0.15, 0.2) is 0 Å². The molecule has 0 aromatic rings. The first-order valence-electron chi connectivity index (χ1n) is 6.01. The third-order valence-corrected chi connectivity index (χ3v) is 3.90. The molecule has 0 fully saturated rings. The molecule has 0 aliphatic rings. The first-order chi connectivity index (χ1) is 7.21. The van der Waals surface area contributed by atoms with Crippen LogP contribution >= 0.6 is 0 Å². The van der Waals surface area contributed by atoms with Gasteiger partial charge in [-0.1, -0.05) is 0 Å². The van der Waals surface area contributed by atoms with Crippen molar-refractivity contribution in [1.29, 1.82) is 0 Å². The number of rotatable bonds is 6. The zero-order valence-electron chi connectivity index (χ0n) is 12.5. The molecule has 0 heterocycles. The molecule has 2 N–H and O–H groups in total.